The van der Waals surface area contributed by atoms with Crippen LogP contribution in [0.15, 0.2) is 60.9 Å². The molecule has 174 valence electrons. The van der Waals surface area contributed by atoms with Crippen molar-refractivity contribution in [3.05, 3.63) is 83.7 Å². The monoisotopic (exact) mass is 456 g/mol. The number of rotatable bonds is 3. The van der Waals surface area contributed by atoms with Crippen molar-refractivity contribution < 1.29 is 9.50 Å². The van der Waals surface area contributed by atoms with Gasteiger partial charge >= 0.3 is 0 Å². The van der Waals surface area contributed by atoms with Gasteiger partial charge in [-0.05, 0) is 106 Å². The molecule has 6 rings (SSSR count). The van der Waals surface area contributed by atoms with Crippen LogP contribution in [0.2, 0.25) is 0 Å². The third-order valence-electron chi connectivity index (χ3n) is 8.00. The predicted octanol–water partition coefficient (Wildman–Crippen LogP) is 5.32. The van der Waals surface area contributed by atoms with Gasteiger partial charge in [0, 0.05) is 28.4 Å². The number of fused-ring (bicyclic) bond motifs is 4. The van der Waals surface area contributed by atoms with Crippen LogP contribution >= 0.6 is 0 Å². The molecule has 0 radical (unpaired) electrons. The van der Waals surface area contributed by atoms with Crippen LogP contribution in [-0.2, 0) is 18.3 Å². The van der Waals surface area contributed by atoms with E-state index in [4.69, 9.17) is 4.98 Å². The average Bonchev–Trinajstić information content (AvgIpc) is 3.18. The van der Waals surface area contributed by atoms with Gasteiger partial charge in [0.2, 0.25) is 0 Å². The lowest BCUT2D eigenvalue weighted by Gasteiger charge is -2.49. The van der Waals surface area contributed by atoms with Crippen molar-refractivity contribution >= 4 is 11.0 Å². The first-order chi connectivity index (χ1) is 16.4. The number of benzene rings is 1. The summed E-state index contributed by atoms with van der Waals surface area (Å²) in [5.41, 5.74) is 4.37. The highest BCUT2D eigenvalue weighted by Gasteiger charge is 2.50. The summed E-state index contributed by atoms with van der Waals surface area (Å²) in [5.74, 6) is 0.101. The van der Waals surface area contributed by atoms with Gasteiger partial charge in [0.25, 0.3) is 0 Å². The fourth-order valence-corrected chi connectivity index (χ4v) is 6.32. The Kier molecular flexibility index (Phi) is 5.03. The quantitative estimate of drug-likeness (QED) is 0.453. The maximum atomic E-state index is 13.5. The number of nitrogens with zero attached hydrogens (tertiary/aromatic N) is 4. The molecule has 6 heteroatoms. The van der Waals surface area contributed by atoms with E-state index in [1.165, 1.54) is 17.7 Å². The molecular formula is C28H29FN4O. The summed E-state index contributed by atoms with van der Waals surface area (Å²) in [4.78, 5) is 9.85. The van der Waals surface area contributed by atoms with Gasteiger partial charge < -0.3 is 5.11 Å². The second kappa shape index (κ2) is 7.98. The van der Waals surface area contributed by atoms with Crippen molar-refractivity contribution in [2.24, 2.45) is 5.92 Å². The highest BCUT2D eigenvalue weighted by Crippen LogP contribution is 2.53. The fraction of sp³-hybridized carbons (Fsp3) is 0.393. The SMILES string of the molecule is CC1(O)CCC2(Cc3ccccn3)c3cc4cnn(-c5ccc(F)cc5)c4nc3CCCC2C1. The molecule has 1 N–H and O–H groups in total. The summed E-state index contributed by atoms with van der Waals surface area (Å²) in [6.45, 7) is 1.98. The summed E-state index contributed by atoms with van der Waals surface area (Å²) in [6, 6.07) is 14.8. The molecule has 0 aliphatic heterocycles. The summed E-state index contributed by atoms with van der Waals surface area (Å²) in [7, 11) is 0. The lowest BCUT2D eigenvalue weighted by molar-refractivity contribution is -0.0332. The van der Waals surface area contributed by atoms with Crippen molar-refractivity contribution in [1.82, 2.24) is 19.7 Å². The Labute approximate surface area is 198 Å². The van der Waals surface area contributed by atoms with Crippen LogP contribution < -0.4 is 0 Å². The molecule has 2 aliphatic carbocycles. The summed E-state index contributed by atoms with van der Waals surface area (Å²) in [6.07, 6.45) is 10.1. The topological polar surface area (TPSA) is 63.8 Å². The summed E-state index contributed by atoms with van der Waals surface area (Å²) >= 11 is 0. The molecule has 1 aromatic carbocycles. The Hall–Kier alpha value is -3.12. The van der Waals surface area contributed by atoms with E-state index in [0.717, 1.165) is 73.1 Å². The fourth-order valence-electron chi connectivity index (χ4n) is 6.32. The van der Waals surface area contributed by atoms with E-state index in [9.17, 15) is 9.50 Å². The minimum atomic E-state index is -0.631. The second-order valence-electron chi connectivity index (χ2n) is 10.4. The summed E-state index contributed by atoms with van der Waals surface area (Å²) < 4.78 is 15.3. The predicted molar refractivity (Wildman–Crippen MR) is 129 cm³/mol. The van der Waals surface area contributed by atoms with Crippen molar-refractivity contribution in [3.8, 4) is 5.69 Å². The average molecular weight is 457 g/mol. The van der Waals surface area contributed by atoms with Gasteiger partial charge in [0.15, 0.2) is 5.65 Å². The van der Waals surface area contributed by atoms with E-state index in [1.54, 1.807) is 16.8 Å². The number of pyridine rings is 2. The number of halogens is 1. The third-order valence-corrected chi connectivity index (χ3v) is 8.00. The zero-order valence-corrected chi connectivity index (χ0v) is 19.4. The van der Waals surface area contributed by atoms with Crippen molar-refractivity contribution in [2.45, 2.75) is 62.9 Å². The number of aromatic nitrogens is 4. The first-order valence-corrected chi connectivity index (χ1v) is 12.2. The highest BCUT2D eigenvalue weighted by atomic mass is 19.1. The zero-order valence-electron chi connectivity index (χ0n) is 19.4. The van der Waals surface area contributed by atoms with E-state index >= 15 is 0 Å². The molecule has 3 heterocycles. The van der Waals surface area contributed by atoms with Crippen molar-refractivity contribution in [3.63, 3.8) is 0 Å². The second-order valence-corrected chi connectivity index (χ2v) is 10.4. The minimum Gasteiger partial charge on any atom is -0.390 e. The van der Waals surface area contributed by atoms with Gasteiger partial charge in [0.1, 0.15) is 5.82 Å². The summed E-state index contributed by atoms with van der Waals surface area (Å²) in [5, 5.41) is 16.6. The Morgan fingerprint density at radius 2 is 2.00 bits per heavy atom. The number of hydrogen-bond donors (Lipinski definition) is 1. The van der Waals surface area contributed by atoms with E-state index in [2.05, 4.69) is 28.3 Å². The van der Waals surface area contributed by atoms with E-state index < -0.39 is 5.60 Å². The minimum absolute atomic E-state index is 0.110. The maximum Gasteiger partial charge on any atom is 0.163 e. The molecule has 5 nitrogen and oxygen atoms in total. The smallest absolute Gasteiger partial charge is 0.163 e. The molecule has 0 bridgehead atoms. The normalized spacial score (nSPS) is 26.6. The molecule has 1 fully saturated rings. The number of aryl methyl sites for hydroxylation is 1. The van der Waals surface area contributed by atoms with E-state index in [-0.39, 0.29) is 11.2 Å². The van der Waals surface area contributed by atoms with Crippen LogP contribution in [0.3, 0.4) is 0 Å². The zero-order chi connectivity index (χ0) is 23.3. The van der Waals surface area contributed by atoms with Crippen LogP contribution in [0.25, 0.3) is 16.7 Å². The molecule has 2 aliphatic rings. The molecule has 3 aromatic heterocycles. The van der Waals surface area contributed by atoms with Crippen LogP contribution in [0, 0.1) is 11.7 Å². The van der Waals surface area contributed by atoms with Crippen molar-refractivity contribution in [2.75, 3.05) is 0 Å². The van der Waals surface area contributed by atoms with Gasteiger partial charge in [-0.2, -0.15) is 5.10 Å². The van der Waals surface area contributed by atoms with Gasteiger partial charge in [-0.3, -0.25) is 4.98 Å². The molecule has 4 aromatic rings. The Bertz CT molecular complexity index is 1330. The first-order valence-electron chi connectivity index (χ1n) is 12.2. The highest BCUT2D eigenvalue weighted by molar-refractivity contribution is 5.78. The van der Waals surface area contributed by atoms with Gasteiger partial charge in [-0.15, -0.1) is 0 Å². The third kappa shape index (κ3) is 3.61. The van der Waals surface area contributed by atoms with Crippen LogP contribution in [-0.4, -0.2) is 30.5 Å². The van der Waals surface area contributed by atoms with E-state index in [1.807, 2.05) is 25.4 Å². The standard InChI is InChI=1S/C28H29FN4O/c1-27(34)12-13-28(17-22-6-2-3-14-30-22)20(16-27)5-4-7-25-24(28)15-19-18-31-33(26(19)32-25)23-10-8-21(29)9-11-23/h2-3,6,8-11,14-15,18,20,34H,4-5,7,12-13,16-17H2,1H3. The molecular weight excluding hydrogens is 427 g/mol. The van der Waals surface area contributed by atoms with Crippen molar-refractivity contribution in [1.29, 1.82) is 0 Å². The number of hydrogen-bond acceptors (Lipinski definition) is 4. The molecule has 0 amide bonds. The maximum absolute atomic E-state index is 13.5. The number of aliphatic hydroxyl groups is 1. The van der Waals surface area contributed by atoms with Crippen LogP contribution in [0.4, 0.5) is 4.39 Å². The molecule has 1 saturated carbocycles. The Morgan fingerprint density at radius 3 is 2.79 bits per heavy atom. The van der Waals surface area contributed by atoms with Crippen LogP contribution in [0.5, 0.6) is 0 Å². The lowest BCUT2D eigenvalue weighted by Crippen LogP contribution is -2.48. The van der Waals surface area contributed by atoms with Crippen LogP contribution in [0.1, 0.15) is 56.0 Å². The van der Waals surface area contributed by atoms with E-state index in [0.29, 0.717) is 5.92 Å². The molecule has 0 saturated heterocycles. The molecule has 0 spiro atoms. The first kappa shape index (κ1) is 21.4. The molecule has 3 atom stereocenters. The van der Waals surface area contributed by atoms with Gasteiger partial charge in [0.05, 0.1) is 17.5 Å². The molecule has 3 unspecified atom stereocenters. The Morgan fingerprint density at radius 1 is 1.15 bits per heavy atom. The van der Waals surface area contributed by atoms with Gasteiger partial charge in [-0.1, -0.05) is 6.07 Å². The lowest BCUT2D eigenvalue weighted by atomic mass is 9.57. The Balaban J connectivity index is 1.51. The van der Waals surface area contributed by atoms with Gasteiger partial charge in [-0.25, -0.2) is 14.1 Å². The largest absolute Gasteiger partial charge is 0.390 e. The molecule has 34 heavy (non-hydrogen) atoms.